The van der Waals surface area contributed by atoms with E-state index in [1.165, 1.54) is 12.1 Å². The summed E-state index contributed by atoms with van der Waals surface area (Å²) in [6.07, 6.45) is 1.03. The highest BCUT2D eigenvalue weighted by Crippen LogP contribution is 2.35. The van der Waals surface area contributed by atoms with Gasteiger partial charge in [-0.25, -0.2) is 9.37 Å². The van der Waals surface area contributed by atoms with Crippen molar-refractivity contribution in [2.75, 3.05) is 6.61 Å². The van der Waals surface area contributed by atoms with E-state index < -0.39 is 0 Å². The van der Waals surface area contributed by atoms with Gasteiger partial charge in [-0.3, -0.25) is 9.78 Å². The lowest BCUT2D eigenvalue weighted by atomic mass is 10.1. The lowest BCUT2D eigenvalue weighted by molar-refractivity contribution is 0.323. The summed E-state index contributed by atoms with van der Waals surface area (Å²) in [5.41, 5.74) is 2.54. The van der Waals surface area contributed by atoms with Gasteiger partial charge in [0.2, 0.25) is 11.8 Å². The van der Waals surface area contributed by atoms with Crippen LogP contribution in [0.15, 0.2) is 57.1 Å². The van der Waals surface area contributed by atoms with E-state index in [0.717, 1.165) is 44.0 Å². The van der Waals surface area contributed by atoms with Crippen LogP contribution in [0, 0.1) is 12.7 Å². The van der Waals surface area contributed by atoms with E-state index in [4.69, 9.17) is 9.15 Å². The number of aromatic nitrogens is 2. The predicted molar refractivity (Wildman–Crippen MR) is 127 cm³/mol. The Morgan fingerprint density at radius 2 is 2.00 bits per heavy atom. The molecule has 0 radical (unpaired) electrons. The van der Waals surface area contributed by atoms with Gasteiger partial charge in [-0.05, 0) is 54.3 Å². The Balaban J connectivity index is 1.30. The number of rotatable bonds is 7. The number of halogens is 1. The third kappa shape index (κ3) is 4.42. The van der Waals surface area contributed by atoms with Crippen molar-refractivity contribution in [3.63, 3.8) is 0 Å². The zero-order valence-corrected chi connectivity index (χ0v) is 19.2. The molecular formula is C24H19FN2O4S2. The summed E-state index contributed by atoms with van der Waals surface area (Å²) in [7, 11) is 0. The Morgan fingerprint density at radius 3 is 2.76 bits per heavy atom. The normalized spacial score (nSPS) is 11.3. The number of hydrogen-bond donors (Lipinski definition) is 2. The molecule has 0 aliphatic carbocycles. The molecule has 0 fully saturated rings. The molecule has 0 saturated heterocycles. The second-order valence-electron chi connectivity index (χ2n) is 7.48. The van der Waals surface area contributed by atoms with E-state index in [1.54, 1.807) is 23.5 Å². The molecule has 0 atom stereocenters. The van der Waals surface area contributed by atoms with Crippen LogP contribution in [-0.4, -0.2) is 21.7 Å². The SMILES string of the molecule is Cc1oc(-c2ccc(F)cc2)nc1CCOc1ccc(Cc2sc(=O)[nH]c2O)c2sccc12. The van der Waals surface area contributed by atoms with Crippen LogP contribution in [0.2, 0.25) is 0 Å². The number of H-pyrrole nitrogens is 1. The highest BCUT2D eigenvalue weighted by atomic mass is 32.1. The van der Waals surface area contributed by atoms with Gasteiger partial charge in [-0.2, -0.15) is 0 Å². The van der Waals surface area contributed by atoms with Crippen molar-refractivity contribution in [3.8, 4) is 23.1 Å². The Bertz CT molecular complexity index is 1480. The van der Waals surface area contributed by atoms with Crippen LogP contribution in [0.1, 0.15) is 21.9 Å². The van der Waals surface area contributed by atoms with Crippen LogP contribution in [0.5, 0.6) is 11.6 Å². The number of benzene rings is 2. The maximum Gasteiger partial charge on any atom is 0.307 e. The minimum atomic E-state index is -0.304. The van der Waals surface area contributed by atoms with E-state index in [2.05, 4.69) is 9.97 Å². The zero-order chi connectivity index (χ0) is 22.9. The number of oxazole rings is 1. The molecule has 2 aromatic carbocycles. The smallest absolute Gasteiger partial charge is 0.307 e. The number of thiophene rings is 1. The Hall–Kier alpha value is -3.43. The van der Waals surface area contributed by atoms with Crippen molar-refractivity contribution >= 4 is 32.8 Å². The molecule has 2 N–H and O–H groups in total. The number of ether oxygens (including phenoxy) is 1. The maximum atomic E-state index is 13.2. The van der Waals surface area contributed by atoms with Crippen LogP contribution >= 0.6 is 22.7 Å². The quantitative estimate of drug-likeness (QED) is 0.312. The Morgan fingerprint density at radius 1 is 1.18 bits per heavy atom. The average molecular weight is 483 g/mol. The van der Waals surface area contributed by atoms with E-state index in [-0.39, 0.29) is 16.6 Å². The number of fused-ring (bicyclic) bond motifs is 1. The van der Waals surface area contributed by atoms with Gasteiger partial charge in [0.25, 0.3) is 0 Å². The summed E-state index contributed by atoms with van der Waals surface area (Å²) in [6, 6.07) is 11.9. The van der Waals surface area contributed by atoms with Crippen molar-refractivity contribution in [1.29, 1.82) is 0 Å². The van der Waals surface area contributed by atoms with Gasteiger partial charge in [0, 0.05) is 28.5 Å². The molecule has 0 bridgehead atoms. The summed E-state index contributed by atoms with van der Waals surface area (Å²) in [6.45, 7) is 2.27. The van der Waals surface area contributed by atoms with Crippen molar-refractivity contribution in [3.05, 3.63) is 85.2 Å². The molecule has 0 aliphatic heterocycles. The number of hydrogen-bond acceptors (Lipinski definition) is 7. The first-order chi connectivity index (χ1) is 16.0. The standard InChI is InChI=1S/C24H19FN2O4S2/c1-13-18(26-23(31-13)14-2-5-16(25)6-3-14)8-10-30-19-7-4-15(21-17(19)9-11-32-21)12-20-22(28)27-24(29)33-20/h2-7,9,11,28H,8,10,12H2,1H3,(H,27,29). The lowest BCUT2D eigenvalue weighted by Crippen LogP contribution is -2.03. The number of thiazole rings is 1. The molecule has 168 valence electrons. The van der Waals surface area contributed by atoms with Crippen molar-refractivity contribution in [2.45, 2.75) is 19.8 Å². The van der Waals surface area contributed by atoms with Gasteiger partial charge in [0.1, 0.15) is 17.3 Å². The van der Waals surface area contributed by atoms with Crippen LogP contribution < -0.4 is 9.61 Å². The molecule has 0 amide bonds. The van der Waals surface area contributed by atoms with Crippen LogP contribution in [-0.2, 0) is 12.8 Å². The highest BCUT2D eigenvalue weighted by molar-refractivity contribution is 7.17. The second-order valence-corrected chi connectivity index (χ2v) is 9.46. The fourth-order valence-corrected chi connectivity index (χ4v) is 5.31. The van der Waals surface area contributed by atoms with Gasteiger partial charge in [0.15, 0.2) is 0 Å². The topological polar surface area (TPSA) is 88.4 Å². The summed E-state index contributed by atoms with van der Waals surface area (Å²) in [5.74, 6) is 1.56. The first-order valence-corrected chi connectivity index (χ1v) is 11.9. The molecular weight excluding hydrogens is 463 g/mol. The summed E-state index contributed by atoms with van der Waals surface area (Å²) in [5, 5.41) is 12.9. The van der Waals surface area contributed by atoms with Gasteiger partial charge in [0.05, 0.1) is 17.2 Å². The molecule has 0 unspecified atom stereocenters. The summed E-state index contributed by atoms with van der Waals surface area (Å²) < 4.78 is 26.0. The van der Waals surface area contributed by atoms with Gasteiger partial charge in [-0.1, -0.05) is 17.4 Å². The number of aryl methyl sites for hydroxylation is 1. The molecule has 3 aromatic heterocycles. The third-order valence-electron chi connectivity index (χ3n) is 5.29. The van der Waals surface area contributed by atoms with E-state index in [0.29, 0.717) is 36.0 Å². The first kappa shape index (κ1) is 21.4. The number of aromatic amines is 1. The largest absolute Gasteiger partial charge is 0.494 e. The molecule has 6 nitrogen and oxygen atoms in total. The monoisotopic (exact) mass is 482 g/mol. The fraction of sp³-hybridized carbons (Fsp3) is 0.167. The lowest BCUT2D eigenvalue weighted by Gasteiger charge is -2.09. The molecule has 3 heterocycles. The third-order valence-corrected chi connectivity index (χ3v) is 7.15. The minimum absolute atomic E-state index is 0.0713. The molecule has 5 rings (SSSR count). The number of nitrogens with zero attached hydrogens (tertiary/aromatic N) is 1. The molecule has 0 aliphatic rings. The number of aromatic hydroxyl groups is 1. The number of nitrogens with one attached hydrogen (secondary N) is 1. The first-order valence-electron chi connectivity index (χ1n) is 10.2. The Kier molecular flexibility index (Phi) is 5.74. The average Bonchev–Trinajstić information content (AvgIpc) is 3.50. The second kappa shape index (κ2) is 8.84. The maximum absolute atomic E-state index is 13.2. The highest BCUT2D eigenvalue weighted by Gasteiger charge is 2.15. The van der Waals surface area contributed by atoms with Crippen molar-refractivity contribution in [2.24, 2.45) is 0 Å². The van der Waals surface area contributed by atoms with Crippen LogP contribution in [0.4, 0.5) is 4.39 Å². The fourth-order valence-electron chi connectivity index (χ4n) is 3.64. The summed E-state index contributed by atoms with van der Waals surface area (Å²) in [4.78, 5) is 18.8. The van der Waals surface area contributed by atoms with E-state index in [9.17, 15) is 14.3 Å². The molecule has 33 heavy (non-hydrogen) atoms. The molecule has 0 spiro atoms. The van der Waals surface area contributed by atoms with Crippen LogP contribution in [0.25, 0.3) is 21.5 Å². The Labute approximate surface area is 195 Å². The van der Waals surface area contributed by atoms with Crippen LogP contribution in [0.3, 0.4) is 0 Å². The zero-order valence-electron chi connectivity index (χ0n) is 17.6. The predicted octanol–water partition coefficient (Wildman–Crippen LogP) is 5.67. The van der Waals surface area contributed by atoms with Gasteiger partial charge < -0.3 is 14.3 Å². The van der Waals surface area contributed by atoms with Gasteiger partial charge in [-0.15, -0.1) is 11.3 Å². The van der Waals surface area contributed by atoms with Crippen molar-refractivity contribution in [1.82, 2.24) is 9.97 Å². The molecule has 0 saturated carbocycles. The van der Waals surface area contributed by atoms with E-state index in [1.807, 2.05) is 30.5 Å². The molecule has 5 aromatic rings. The van der Waals surface area contributed by atoms with Crippen molar-refractivity contribution < 1.29 is 18.7 Å². The summed E-state index contributed by atoms with van der Waals surface area (Å²) >= 11 is 2.61. The molecule has 9 heteroatoms. The van der Waals surface area contributed by atoms with Gasteiger partial charge >= 0.3 is 4.87 Å². The minimum Gasteiger partial charge on any atom is -0.494 e. The van der Waals surface area contributed by atoms with E-state index >= 15 is 0 Å².